The summed E-state index contributed by atoms with van der Waals surface area (Å²) in [6, 6.07) is 11.0. The predicted octanol–water partition coefficient (Wildman–Crippen LogP) is 4.04. The lowest BCUT2D eigenvalue weighted by Crippen LogP contribution is -2.35. The highest BCUT2D eigenvalue weighted by molar-refractivity contribution is 5.88. The van der Waals surface area contributed by atoms with Crippen LogP contribution in [0.3, 0.4) is 0 Å². The third kappa shape index (κ3) is 3.70. The Kier molecular flexibility index (Phi) is 5.09. The number of aromatic amines is 1. The Bertz CT molecular complexity index is 1330. The molecule has 1 aliphatic rings. The van der Waals surface area contributed by atoms with Crippen molar-refractivity contribution in [1.29, 1.82) is 0 Å². The summed E-state index contributed by atoms with van der Waals surface area (Å²) in [4.78, 5) is 24.7. The fraction of sp³-hybridized carbons (Fsp3) is 0.240. The van der Waals surface area contributed by atoms with Crippen molar-refractivity contribution in [3.05, 3.63) is 77.1 Å². The SMILES string of the molecule is Cc1cnc(C)c(-c2ccc(F)c3c2O[C@@H](CNC(=O)Cc2c[nH]c4ccccc24)C3)n1. The minimum absolute atomic E-state index is 0.101. The predicted molar refractivity (Wildman–Crippen MR) is 120 cm³/mol. The third-order valence-corrected chi connectivity index (χ3v) is 5.80. The molecule has 32 heavy (non-hydrogen) atoms. The van der Waals surface area contributed by atoms with Crippen molar-refractivity contribution in [1.82, 2.24) is 20.3 Å². The number of nitrogens with zero attached hydrogens (tertiary/aromatic N) is 2. The molecular formula is C25H23FN4O2. The third-order valence-electron chi connectivity index (χ3n) is 5.80. The van der Waals surface area contributed by atoms with Gasteiger partial charge in [-0.3, -0.25) is 9.78 Å². The van der Waals surface area contributed by atoms with Crippen LogP contribution in [-0.2, 0) is 17.6 Å². The molecule has 0 unspecified atom stereocenters. The maximum atomic E-state index is 14.5. The number of benzene rings is 2. The Morgan fingerprint density at radius 1 is 1.25 bits per heavy atom. The smallest absolute Gasteiger partial charge is 0.224 e. The molecule has 0 spiro atoms. The van der Waals surface area contributed by atoms with Crippen LogP contribution >= 0.6 is 0 Å². The molecule has 1 amide bonds. The van der Waals surface area contributed by atoms with E-state index in [1.54, 1.807) is 12.3 Å². The van der Waals surface area contributed by atoms with Gasteiger partial charge in [0.15, 0.2) is 0 Å². The van der Waals surface area contributed by atoms with Crippen molar-refractivity contribution >= 4 is 16.8 Å². The van der Waals surface area contributed by atoms with Crippen LogP contribution in [0.4, 0.5) is 4.39 Å². The maximum absolute atomic E-state index is 14.5. The summed E-state index contributed by atoms with van der Waals surface area (Å²) in [7, 11) is 0. The molecular weight excluding hydrogens is 407 g/mol. The molecule has 0 radical (unpaired) electrons. The van der Waals surface area contributed by atoms with Crippen molar-refractivity contribution in [2.45, 2.75) is 32.8 Å². The normalized spacial score (nSPS) is 14.9. The molecule has 0 fully saturated rings. The average molecular weight is 430 g/mol. The van der Waals surface area contributed by atoms with Crippen LogP contribution in [0.15, 0.2) is 48.8 Å². The van der Waals surface area contributed by atoms with Crippen molar-refractivity contribution in [3.63, 3.8) is 0 Å². The minimum atomic E-state index is -0.342. The summed E-state index contributed by atoms with van der Waals surface area (Å²) in [6.07, 6.45) is 3.88. The molecule has 7 heteroatoms. The van der Waals surface area contributed by atoms with Gasteiger partial charge in [-0.05, 0) is 37.6 Å². The van der Waals surface area contributed by atoms with Crippen LogP contribution in [0.25, 0.3) is 22.2 Å². The zero-order valence-corrected chi connectivity index (χ0v) is 17.9. The number of amides is 1. The molecule has 0 aliphatic carbocycles. The van der Waals surface area contributed by atoms with Gasteiger partial charge in [0.05, 0.1) is 30.0 Å². The number of aromatic nitrogens is 3. The second-order valence-corrected chi connectivity index (χ2v) is 8.13. The van der Waals surface area contributed by atoms with Gasteiger partial charge < -0.3 is 15.0 Å². The fourth-order valence-electron chi connectivity index (χ4n) is 4.20. The summed E-state index contributed by atoms with van der Waals surface area (Å²) in [5.74, 6) is 0.0777. The van der Waals surface area contributed by atoms with Gasteiger partial charge >= 0.3 is 0 Å². The molecule has 2 N–H and O–H groups in total. The molecule has 2 aromatic heterocycles. The minimum Gasteiger partial charge on any atom is -0.487 e. The second kappa shape index (κ2) is 8.07. The quantitative estimate of drug-likeness (QED) is 0.501. The zero-order chi connectivity index (χ0) is 22.2. The van der Waals surface area contributed by atoms with Crippen molar-refractivity contribution < 1.29 is 13.9 Å². The number of para-hydroxylation sites is 1. The van der Waals surface area contributed by atoms with E-state index >= 15 is 0 Å². The summed E-state index contributed by atoms with van der Waals surface area (Å²) < 4.78 is 20.6. The number of hydrogen-bond acceptors (Lipinski definition) is 4. The highest BCUT2D eigenvalue weighted by Gasteiger charge is 2.30. The van der Waals surface area contributed by atoms with Crippen molar-refractivity contribution in [3.8, 4) is 17.0 Å². The van der Waals surface area contributed by atoms with Crippen molar-refractivity contribution in [2.24, 2.45) is 0 Å². The summed E-state index contributed by atoms with van der Waals surface area (Å²) >= 11 is 0. The topological polar surface area (TPSA) is 79.9 Å². The van der Waals surface area contributed by atoms with Gasteiger partial charge in [0, 0.05) is 40.8 Å². The van der Waals surface area contributed by atoms with E-state index in [1.807, 2.05) is 44.3 Å². The first-order valence-corrected chi connectivity index (χ1v) is 10.6. The standard InChI is InChI=1S/C25H23FN4O2/c1-14-11-27-15(2)24(30-14)19-7-8-21(26)20-10-17(32-25(19)20)13-29-23(31)9-16-12-28-22-6-4-3-5-18(16)22/h3-8,11-12,17,28H,9-10,13H2,1-2H3,(H,29,31)/t17-/m1/s1. The Labute approximate surface area is 184 Å². The van der Waals surface area contributed by atoms with E-state index in [-0.39, 0.29) is 24.2 Å². The molecule has 5 rings (SSSR count). The molecule has 162 valence electrons. The molecule has 0 saturated heterocycles. The number of carbonyl (C=O) groups is 1. The van der Waals surface area contributed by atoms with Crippen molar-refractivity contribution in [2.75, 3.05) is 6.54 Å². The number of aryl methyl sites for hydroxylation is 2. The van der Waals surface area contributed by atoms with E-state index in [9.17, 15) is 9.18 Å². The average Bonchev–Trinajstić information content (AvgIpc) is 3.40. The van der Waals surface area contributed by atoms with Crippen LogP contribution in [0.5, 0.6) is 5.75 Å². The summed E-state index contributed by atoms with van der Waals surface area (Å²) in [5.41, 5.74) is 5.40. The highest BCUT2D eigenvalue weighted by atomic mass is 19.1. The van der Waals surface area contributed by atoms with E-state index in [4.69, 9.17) is 4.74 Å². The fourth-order valence-corrected chi connectivity index (χ4v) is 4.20. The molecule has 1 atom stereocenters. The molecule has 4 aromatic rings. The van der Waals surface area contributed by atoms with E-state index in [1.165, 1.54) is 6.07 Å². The first-order chi connectivity index (χ1) is 15.5. The monoisotopic (exact) mass is 430 g/mol. The van der Waals surface area contributed by atoms with Gasteiger partial charge in [-0.2, -0.15) is 0 Å². The van der Waals surface area contributed by atoms with E-state index < -0.39 is 0 Å². The van der Waals surface area contributed by atoms with E-state index in [2.05, 4.69) is 20.3 Å². The van der Waals surface area contributed by atoms with Crippen LogP contribution in [0.1, 0.15) is 22.5 Å². The first kappa shape index (κ1) is 20.2. The number of hydrogen-bond donors (Lipinski definition) is 2. The largest absolute Gasteiger partial charge is 0.487 e. The molecule has 2 aromatic carbocycles. The second-order valence-electron chi connectivity index (χ2n) is 8.13. The maximum Gasteiger partial charge on any atom is 0.224 e. The molecule has 0 bridgehead atoms. The number of ether oxygens (including phenoxy) is 1. The number of carbonyl (C=O) groups excluding carboxylic acids is 1. The number of fused-ring (bicyclic) bond motifs is 2. The summed E-state index contributed by atoms with van der Waals surface area (Å²) in [6.45, 7) is 4.04. The summed E-state index contributed by atoms with van der Waals surface area (Å²) in [5, 5.41) is 3.97. The lowest BCUT2D eigenvalue weighted by molar-refractivity contribution is -0.120. The highest BCUT2D eigenvalue weighted by Crippen LogP contribution is 2.40. The van der Waals surface area contributed by atoms with Gasteiger partial charge in [-0.1, -0.05) is 18.2 Å². The number of H-pyrrole nitrogens is 1. The number of halogens is 1. The number of nitrogens with one attached hydrogen (secondary N) is 2. The molecule has 6 nitrogen and oxygen atoms in total. The van der Waals surface area contributed by atoms with Gasteiger partial charge in [0.1, 0.15) is 17.7 Å². The lowest BCUT2D eigenvalue weighted by Gasteiger charge is -2.14. The molecule has 3 heterocycles. The van der Waals surface area contributed by atoms with Crippen LogP contribution in [-0.4, -0.2) is 33.5 Å². The van der Waals surface area contributed by atoms with Crippen LogP contribution in [0.2, 0.25) is 0 Å². The van der Waals surface area contributed by atoms with E-state index in [0.717, 1.165) is 33.4 Å². The van der Waals surface area contributed by atoms with Gasteiger partial charge in [0.2, 0.25) is 5.91 Å². The van der Waals surface area contributed by atoms with Gasteiger partial charge in [-0.25, -0.2) is 9.37 Å². The Hall–Kier alpha value is -3.74. The van der Waals surface area contributed by atoms with Gasteiger partial charge in [0.25, 0.3) is 0 Å². The zero-order valence-electron chi connectivity index (χ0n) is 17.9. The molecule has 0 saturated carbocycles. The van der Waals surface area contributed by atoms with E-state index in [0.29, 0.717) is 30.0 Å². The Balaban J connectivity index is 1.29. The van der Waals surface area contributed by atoms with Crippen LogP contribution < -0.4 is 10.1 Å². The molecule has 1 aliphatic heterocycles. The first-order valence-electron chi connectivity index (χ1n) is 10.6. The Morgan fingerprint density at radius 3 is 2.97 bits per heavy atom. The van der Waals surface area contributed by atoms with Crippen LogP contribution in [0, 0.1) is 19.7 Å². The lowest BCUT2D eigenvalue weighted by atomic mass is 10.0. The van der Waals surface area contributed by atoms with Gasteiger partial charge in [-0.15, -0.1) is 0 Å². The number of rotatable bonds is 5. The Morgan fingerprint density at radius 2 is 2.09 bits per heavy atom.